The number of aliphatic hydroxyl groups excluding tert-OH is 1. The van der Waals surface area contributed by atoms with E-state index >= 15 is 0 Å². The van der Waals surface area contributed by atoms with Gasteiger partial charge in [0.15, 0.2) is 6.61 Å². The first kappa shape index (κ1) is 16.6. The van der Waals surface area contributed by atoms with Crippen LogP contribution >= 0.6 is 0 Å². The van der Waals surface area contributed by atoms with Crippen LogP contribution in [0.3, 0.4) is 0 Å². The second-order valence-corrected chi connectivity index (χ2v) is 4.94. The van der Waals surface area contributed by atoms with Gasteiger partial charge in [0.1, 0.15) is 5.82 Å². The average molecular weight is 317 g/mol. The largest absolute Gasteiger partial charge is 0.452 e. The predicted molar refractivity (Wildman–Crippen MR) is 82.4 cm³/mol. The quantitative estimate of drug-likeness (QED) is 0.831. The van der Waals surface area contributed by atoms with Crippen molar-refractivity contribution in [1.29, 1.82) is 0 Å². The normalized spacial score (nSPS) is 10.2. The summed E-state index contributed by atoms with van der Waals surface area (Å²) < 4.78 is 18.0. The third-order valence-electron chi connectivity index (χ3n) is 3.18. The molecule has 0 aromatic heterocycles. The molecule has 0 saturated heterocycles. The Balaban J connectivity index is 1.90. The maximum Gasteiger partial charge on any atom is 0.338 e. The third-order valence-corrected chi connectivity index (χ3v) is 3.18. The van der Waals surface area contributed by atoms with Gasteiger partial charge in [0, 0.05) is 5.69 Å². The zero-order valence-electron chi connectivity index (χ0n) is 12.5. The molecule has 1 amide bonds. The highest BCUT2D eigenvalue weighted by atomic mass is 19.1. The fraction of sp³-hybridized carbons (Fsp3) is 0.176. The summed E-state index contributed by atoms with van der Waals surface area (Å²) >= 11 is 0. The Bertz CT molecular complexity index is 713. The van der Waals surface area contributed by atoms with Crippen molar-refractivity contribution < 1.29 is 23.8 Å². The van der Waals surface area contributed by atoms with Crippen molar-refractivity contribution in [3.8, 4) is 0 Å². The lowest BCUT2D eigenvalue weighted by Crippen LogP contribution is -2.21. The first-order valence-electron chi connectivity index (χ1n) is 6.92. The molecule has 0 fully saturated rings. The lowest BCUT2D eigenvalue weighted by molar-refractivity contribution is -0.119. The van der Waals surface area contributed by atoms with Crippen LogP contribution in [-0.4, -0.2) is 23.6 Å². The number of esters is 1. The van der Waals surface area contributed by atoms with E-state index in [0.29, 0.717) is 16.8 Å². The summed E-state index contributed by atoms with van der Waals surface area (Å²) in [5.74, 6) is -1.67. The fourth-order valence-electron chi connectivity index (χ4n) is 1.88. The number of hydrogen-bond acceptors (Lipinski definition) is 4. The van der Waals surface area contributed by atoms with Gasteiger partial charge in [-0.15, -0.1) is 0 Å². The smallest absolute Gasteiger partial charge is 0.338 e. The molecule has 2 aromatic rings. The Morgan fingerprint density at radius 3 is 2.52 bits per heavy atom. The van der Waals surface area contributed by atoms with Crippen molar-refractivity contribution in [2.75, 3.05) is 11.9 Å². The number of nitrogens with one attached hydrogen (secondary N) is 1. The van der Waals surface area contributed by atoms with Gasteiger partial charge >= 0.3 is 5.97 Å². The minimum absolute atomic E-state index is 0.120. The van der Waals surface area contributed by atoms with Gasteiger partial charge in [0.25, 0.3) is 5.91 Å². The summed E-state index contributed by atoms with van der Waals surface area (Å²) in [5.41, 5.74) is 1.97. The zero-order chi connectivity index (χ0) is 16.8. The number of aryl methyl sites for hydroxylation is 1. The molecule has 5 nitrogen and oxygen atoms in total. The van der Waals surface area contributed by atoms with E-state index in [2.05, 4.69) is 5.32 Å². The van der Waals surface area contributed by atoms with Gasteiger partial charge in [-0.3, -0.25) is 4.79 Å². The highest BCUT2D eigenvalue weighted by Gasteiger charge is 2.11. The molecule has 6 heteroatoms. The van der Waals surface area contributed by atoms with Crippen LogP contribution < -0.4 is 5.32 Å². The molecule has 23 heavy (non-hydrogen) atoms. The molecule has 0 atom stereocenters. The number of benzene rings is 2. The number of amides is 1. The van der Waals surface area contributed by atoms with Crippen LogP contribution in [0, 0.1) is 12.7 Å². The number of anilines is 1. The van der Waals surface area contributed by atoms with Gasteiger partial charge in [-0.25, -0.2) is 9.18 Å². The molecule has 2 aromatic carbocycles. The van der Waals surface area contributed by atoms with Crippen LogP contribution in [0.5, 0.6) is 0 Å². The zero-order valence-corrected chi connectivity index (χ0v) is 12.5. The Hall–Kier alpha value is -2.73. The first-order chi connectivity index (χ1) is 11.0. The number of hydrogen-bond donors (Lipinski definition) is 2. The molecule has 2 rings (SSSR count). The van der Waals surface area contributed by atoms with E-state index in [9.17, 15) is 14.0 Å². The Morgan fingerprint density at radius 2 is 1.87 bits per heavy atom. The van der Waals surface area contributed by atoms with Crippen molar-refractivity contribution in [2.24, 2.45) is 0 Å². The highest BCUT2D eigenvalue weighted by molar-refractivity contribution is 5.95. The molecule has 0 unspecified atom stereocenters. The molecule has 0 aliphatic rings. The Kier molecular flexibility index (Phi) is 5.43. The molecule has 0 aliphatic heterocycles. The van der Waals surface area contributed by atoms with Crippen LogP contribution in [-0.2, 0) is 16.1 Å². The molecule has 2 N–H and O–H groups in total. The molecular formula is C17H16FNO4. The van der Waals surface area contributed by atoms with Gasteiger partial charge in [-0.2, -0.15) is 0 Å². The van der Waals surface area contributed by atoms with Crippen molar-refractivity contribution in [1.82, 2.24) is 0 Å². The van der Waals surface area contributed by atoms with Gasteiger partial charge in [-0.1, -0.05) is 18.2 Å². The molecule has 120 valence electrons. The number of carbonyl (C=O) groups is 2. The lowest BCUT2D eigenvalue weighted by Gasteiger charge is -2.09. The standard InChI is InChI=1S/C17H16FNO4/c1-11-2-7-14(18)8-15(11)19-16(21)10-23-17(22)13-5-3-12(9-20)4-6-13/h2-8,20H,9-10H2,1H3,(H,19,21). The van der Waals surface area contributed by atoms with E-state index in [0.717, 1.165) is 0 Å². The van der Waals surface area contributed by atoms with Crippen molar-refractivity contribution in [3.05, 3.63) is 65.0 Å². The van der Waals surface area contributed by atoms with E-state index in [1.807, 2.05) is 0 Å². The third kappa shape index (κ3) is 4.62. The maximum absolute atomic E-state index is 13.1. The van der Waals surface area contributed by atoms with Gasteiger partial charge in [0.05, 0.1) is 12.2 Å². The Morgan fingerprint density at radius 1 is 1.17 bits per heavy atom. The first-order valence-corrected chi connectivity index (χ1v) is 6.92. The topological polar surface area (TPSA) is 75.6 Å². The van der Waals surface area contributed by atoms with E-state index in [-0.39, 0.29) is 12.2 Å². The second-order valence-electron chi connectivity index (χ2n) is 4.94. The maximum atomic E-state index is 13.1. The summed E-state index contributed by atoms with van der Waals surface area (Å²) in [5, 5.41) is 11.4. The van der Waals surface area contributed by atoms with Crippen molar-refractivity contribution in [2.45, 2.75) is 13.5 Å². The van der Waals surface area contributed by atoms with Crippen molar-refractivity contribution in [3.63, 3.8) is 0 Å². The molecule has 0 radical (unpaired) electrons. The molecular weight excluding hydrogens is 301 g/mol. The minimum atomic E-state index is -0.652. The molecule has 0 aliphatic carbocycles. The van der Waals surface area contributed by atoms with E-state index in [1.54, 1.807) is 25.1 Å². The predicted octanol–water partition coefficient (Wildman–Crippen LogP) is 2.42. The van der Waals surface area contributed by atoms with E-state index in [4.69, 9.17) is 9.84 Å². The number of rotatable bonds is 5. The van der Waals surface area contributed by atoms with Gasteiger partial charge in [-0.05, 0) is 42.3 Å². The van der Waals surface area contributed by atoms with Crippen LogP contribution in [0.1, 0.15) is 21.5 Å². The summed E-state index contributed by atoms with van der Waals surface area (Å²) in [6.07, 6.45) is 0. The minimum Gasteiger partial charge on any atom is -0.452 e. The van der Waals surface area contributed by atoms with Crippen LogP contribution in [0.15, 0.2) is 42.5 Å². The summed E-state index contributed by atoms with van der Waals surface area (Å²) in [6, 6.07) is 10.2. The Labute approximate surface area is 132 Å². The number of halogens is 1. The molecule has 0 saturated carbocycles. The van der Waals surface area contributed by atoms with Gasteiger partial charge in [0.2, 0.25) is 0 Å². The summed E-state index contributed by atoms with van der Waals surface area (Å²) in [4.78, 5) is 23.6. The van der Waals surface area contributed by atoms with E-state index in [1.165, 1.54) is 24.3 Å². The van der Waals surface area contributed by atoms with Crippen LogP contribution in [0.4, 0.5) is 10.1 Å². The number of aliphatic hydroxyl groups is 1. The van der Waals surface area contributed by atoms with Gasteiger partial charge < -0.3 is 15.2 Å². The summed E-state index contributed by atoms with van der Waals surface area (Å²) in [7, 11) is 0. The SMILES string of the molecule is Cc1ccc(F)cc1NC(=O)COC(=O)c1ccc(CO)cc1. The fourth-order valence-corrected chi connectivity index (χ4v) is 1.88. The van der Waals surface area contributed by atoms with Crippen LogP contribution in [0.25, 0.3) is 0 Å². The monoisotopic (exact) mass is 317 g/mol. The highest BCUT2D eigenvalue weighted by Crippen LogP contribution is 2.15. The molecule has 0 heterocycles. The average Bonchev–Trinajstić information content (AvgIpc) is 2.56. The number of ether oxygens (including phenoxy) is 1. The molecule has 0 spiro atoms. The van der Waals surface area contributed by atoms with Crippen LogP contribution in [0.2, 0.25) is 0 Å². The number of carbonyl (C=O) groups excluding carboxylic acids is 2. The molecule has 0 bridgehead atoms. The van der Waals surface area contributed by atoms with E-state index < -0.39 is 24.3 Å². The second kappa shape index (κ2) is 7.51. The lowest BCUT2D eigenvalue weighted by atomic mass is 10.1. The summed E-state index contributed by atoms with van der Waals surface area (Å²) in [6.45, 7) is 1.13. The van der Waals surface area contributed by atoms with Crippen molar-refractivity contribution >= 4 is 17.6 Å².